The highest BCUT2D eigenvalue weighted by atomic mass is 16.6. The summed E-state index contributed by atoms with van der Waals surface area (Å²) in [6.45, 7) is 3.47. The number of nitro benzene ring substituents is 1. The smallest absolute Gasteiger partial charge is 0.270 e. The van der Waals surface area contributed by atoms with Crippen molar-refractivity contribution < 1.29 is 4.92 Å². The van der Waals surface area contributed by atoms with E-state index in [1.165, 1.54) is 6.07 Å². The number of non-ortho nitro benzene ring substituents is 1. The van der Waals surface area contributed by atoms with Gasteiger partial charge >= 0.3 is 0 Å². The molecule has 0 aliphatic carbocycles. The van der Waals surface area contributed by atoms with E-state index in [4.69, 9.17) is 0 Å². The zero-order valence-corrected chi connectivity index (χ0v) is 12.3. The van der Waals surface area contributed by atoms with Crippen LogP contribution in [0.25, 0.3) is 10.9 Å². The summed E-state index contributed by atoms with van der Waals surface area (Å²) >= 11 is 0. The van der Waals surface area contributed by atoms with E-state index in [9.17, 15) is 15.4 Å². The third kappa shape index (κ3) is 2.54. The first-order chi connectivity index (χ1) is 10.6. The van der Waals surface area contributed by atoms with Gasteiger partial charge in [0.2, 0.25) is 0 Å². The van der Waals surface area contributed by atoms with Crippen LogP contribution in [0.1, 0.15) is 11.6 Å². The molecule has 0 saturated carbocycles. The summed E-state index contributed by atoms with van der Waals surface area (Å²) < 4.78 is 0. The van der Waals surface area contributed by atoms with Crippen LogP contribution in [0.15, 0.2) is 24.4 Å². The fraction of sp³-hybridized carbons (Fsp3) is 0.400. The van der Waals surface area contributed by atoms with E-state index in [-0.39, 0.29) is 11.7 Å². The van der Waals surface area contributed by atoms with Gasteiger partial charge in [-0.05, 0) is 13.1 Å². The molecule has 1 aliphatic rings. The van der Waals surface area contributed by atoms with Crippen molar-refractivity contribution in [3.05, 3.63) is 40.1 Å². The first-order valence-electron chi connectivity index (χ1n) is 7.18. The van der Waals surface area contributed by atoms with E-state index >= 15 is 0 Å². The lowest BCUT2D eigenvalue weighted by atomic mass is 10.0. The highest BCUT2D eigenvalue weighted by molar-refractivity contribution is 5.86. The van der Waals surface area contributed by atoms with Gasteiger partial charge in [0.1, 0.15) is 6.04 Å². The Hall–Kier alpha value is -2.43. The quantitative estimate of drug-likeness (QED) is 0.690. The third-order valence-corrected chi connectivity index (χ3v) is 4.23. The predicted molar refractivity (Wildman–Crippen MR) is 82.4 cm³/mol. The number of fused-ring (bicyclic) bond motifs is 1. The monoisotopic (exact) mass is 299 g/mol. The van der Waals surface area contributed by atoms with Gasteiger partial charge in [0.25, 0.3) is 5.69 Å². The van der Waals surface area contributed by atoms with Gasteiger partial charge in [-0.25, -0.2) is 0 Å². The minimum atomic E-state index is -0.409. The van der Waals surface area contributed by atoms with Crippen molar-refractivity contribution in [2.45, 2.75) is 6.04 Å². The van der Waals surface area contributed by atoms with Gasteiger partial charge in [-0.3, -0.25) is 15.0 Å². The molecule has 1 aliphatic heterocycles. The fourth-order valence-electron chi connectivity index (χ4n) is 2.90. The molecule has 114 valence electrons. The number of benzene rings is 1. The highest BCUT2D eigenvalue weighted by Gasteiger charge is 2.26. The maximum atomic E-state index is 11.0. The van der Waals surface area contributed by atoms with Crippen LogP contribution in [0.5, 0.6) is 0 Å². The Kier molecular flexibility index (Phi) is 3.79. The van der Waals surface area contributed by atoms with Crippen LogP contribution in [0.3, 0.4) is 0 Å². The summed E-state index contributed by atoms with van der Waals surface area (Å²) in [7, 11) is 2.06. The maximum Gasteiger partial charge on any atom is 0.270 e. The largest absolute Gasteiger partial charge is 0.361 e. The van der Waals surface area contributed by atoms with Crippen molar-refractivity contribution in [3.8, 4) is 6.07 Å². The standard InChI is InChI=1S/C15H17N5O2/c1-18-4-6-19(7-5-18)15(9-16)13-10-17-14-3-2-11(20(21)22)8-12(13)14/h2-3,8,10,15,17H,4-7H2,1H3/t15-/m0/s1. The van der Waals surface area contributed by atoms with Crippen molar-refractivity contribution in [2.24, 2.45) is 0 Å². The van der Waals surface area contributed by atoms with E-state index in [0.717, 1.165) is 42.6 Å². The minimum Gasteiger partial charge on any atom is -0.361 e. The van der Waals surface area contributed by atoms with Crippen LogP contribution in [0, 0.1) is 21.4 Å². The average molecular weight is 299 g/mol. The van der Waals surface area contributed by atoms with Crippen LogP contribution in [0.4, 0.5) is 5.69 Å². The zero-order valence-electron chi connectivity index (χ0n) is 12.3. The Balaban J connectivity index is 1.98. The number of aromatic nitrogens is 1. The molecule has 0 radical (unpaired) electrons. The zero-order chi connectivity index (χ0) is 15.7. The lowest BCUT2D eigenvalue weighted by Gasteiger charge is -2.34. The van der Waals surface area contributed by atoms with E-state index in [2.05, 4.69) is 27.9 Å². The summed E-state index contributed by atoms with van der Waals surface area (Å²) in [5.41, 5.74) is 1.67. The number of aromatic amines is 1. The number of nitriles is 1. The van der Waals surface area contributed by atoms with Crippen molar-refractivity contribution >= 4 is 16.6 Å². The van der Waals surface area contributed by atoms with Gasteiger partial charge in [-0.1, -0.05) is 0 Å². The Bertz CT molecular complexity index is 740. The van der Waals surface area contributed by atoms with Gasteiger partial charge in [0.15, 0.2) is 0 Å². The number of nitrogens with one attached hydrogen (secondary N) is 1. The Morgan fingerprint density at radius 3 is 2.73 bits per heavy atom. The van der Waals surface area contributed by atoms with E-state index in [0.29, 0.717) is 0 Å². The van der Waals surface area contributed by atoms with Crippen molar-refractivity contribution in [2.75, 3.05) is 33.2 Å². The third-order valence-electron chi connectivity index (χ3n) is 4.23. The number of hydrogen-bond donors (Lipinski definition) is 1. The number of likely N-dealkylation sites (N-methyl/N-ethyl adjacent to an activating group) is 1. The molecule has 0 amide bonds. The molecule has 0 unspecified atom stereocenters. The van der Waals surface area contributed by atoms with Gasteiger partial charge in [-0.2, -0.15) is 5.26 Å². The molecule has 0 bridgehead atoms. The van der Waals surface area contributed by atoms with E-state index in [1.54, 1.807) is 18.3 Å². The Morgan fingerprint density at radius 1 is 1.36 bits per heavy atom. The molecule has 7 nitrogen and oxygen atoms in total. The summed E-state index contributed by atoms with van der Waals surface area (Å²) in [5, 5.41) is 21.3. The number of nitro groups is 1. The molecule has 22 heavy (non-hydrogen) atoms. The molecule has 2 heterocycles. The first kappa shape index (κ1) is 14.5. The Morgan fingerprint density at radius 2 is 2.09 bits per heavy atom. The maximum absolute atomic E-state index is 11.0. The minimum absolute atomic E-state index is 0.0448. The van der Waals surface area contributed by atoms with Crippen molar-refractivity contribution in [1.29, 1.82) is 5.26 Å². The molecule has 1 aromatic carbocycles. The number of rotatable bonds is 3. The second kappa shape index (κ2) is 5.75. The van der Waals surface area contributed by atoms with E-state index in [1.807, 2.05) is 0 Å². The lowest BCUT2D eigenvalue weighted by Crippen LogP contribution is -2.45. The topological polar surface area (TPSA) is 89.2 Å². The van der Waals surface area contributed by atoms with Crippen LogP contribution < -0.4 is 0 Å². The molecule has 1 N–H and O–H groups in total. The van der Waals surface area contributed by atoms with Gasteiger partial charge in [-0.15, -0.1) is 0 Å². The second-order valence-corrected chi connectivity index (χ2v) is 5.60. The van der Waals surface area contributed by atoms with Crippen molar-refractivity contribution in [1.82, 2.24) is 14.8 Å². The molecule has 3 rings (SSSR count). The summed E-state index contributed by atoms with van der Waals surface area (Å²) in [6.07, 6.45) is 1.79. The molecule has 1 atom stereocenters. The van der Waals surface area contributed by atoms with Gasteiger partial charge in [0, 0.05) is 61.0 Å². The lowest BCUT2D eigenvalue weighted by molar-refractivity contribution is -0.384. The Labute approximate surface area is 127 Å². The predicted octanol–water partition coefficient (Wildman–Crippen LogP) is 1.89. The number of nitrogens with zero attached hydrogens (tertiary/aromatic N) is 4. The van der Waals surface area contributed by atoms with E-state index < -0.39 is 4.92 Å². The normalized spacial score (nSPS) is 18.2. The van der Waals surface area contributed by atoms with Crippen LogP contribution in [-0.4, -0.2) is 52.9 Å². The molecule has 2 aromatic rings. The fourth-order valence-corrected chi connectivity index (χ4v) is 2.90. The molecular formula is C15H17N5O2. The average Bonchev–Trinajstić information content (AvgIpc) is 2.93. The summed E-state index contributed by atoms with van der Waals surface area (Å²) in [6, 6.07) is 6.67. The van der Waals surface area contributed by atoms with Crippen LogP contribution >= 0.6 is 0 Å². The molecular weight excluding hydrogens is 282 g/mol. The number of hydrogen-bond acceptors (Lipinski definition) is 5. The number of H-pyrrole nitrogens is 1. The number of piperazine rings is 1. The van der Waals surface area contributed by atoms with Gasteiger partial charge < -0.3 is 9.88 Å². The second-order valence-electron chi connectivity index (χ2n) is 5.60. The SMILES string of the molecule is CN1CCN([C@@H](C#N)c2c[nH]c3ccc([N+](=O)[O-])cc23)CC1. The van der Waals surface area contributed by atoms with Crippen molar-refractivity contribution in [3.63, 3.8) is 0 Å². The van der Waals surface area contributed by atoms with Crippen LogP contribution in [0.2, 0.25) is 0 Å². The van der Waals surface area contributed by atoms with Gasteiger partial charge in [0.05, 0.1) is 11.0 Å². The molecule has 0 spiro atoms. The van der Waals surface area contributed by atoms with Crippen LogP contribution in [-0.2, 0) is 0 Å². The molecule has 1 aromatic heterocycles. The molecule has 1 saturated heterocycles. The first-order valence-corrected chi connectivity index (χ1v) is 7.18. The highest BCUT2D eigenvalue weighted by Crippen LogP contribution is 2.31. The summed E-state index contributed by atoms with van der Waals surface area (Å²) in [4.78, 5) is 18.0. The molecule has 1 fully saturated rings. The summed E-state index contributed by atoms with van der Waals surface area (Å²) in [5.74, 6) is 0. The molecule has 7 heteroatoms.